The van der Waals surface area contributed by atoms with E-state index in [1.807, 2.05) is 6.07 Å². The number of thiazole rings is 1. The maximum absolute atomic E-state index is 12.9. The van der Waals surface area contributed by atoms with Crippen molar-refractivity contribution >= 4 is 40.6 Å². The van der Waals surface area contributed by atoms with Crippen molar-refractivity contribution in [2.75, 3.05) is 11.5 Å². The lowest BCUT2D eigenvalue weighted by molar-refractivity contribution is -0.122. The van der Waals surface area contributed by atoms with Gasteiger partial charge in [0.1, 0.15) is 5.01 Å². The fraction of sp³-hybridized carbons (Fsp3) is 0.167. The van der Waals surface area contributed by atoms with Gasteiger partial charge in [-0.05, 0) is 43.7 Å². The number of esters is 1. The molecule has 3 aromatic rings. The van der Waals surface area contributed by atoms with Gasteiger partial charge in [0.2, 0.25) is 0 Å². The molecule has 2 amide bonds. The molecule has 4 rings (SSSR count). The van der Waals surface area contributed by atoms with Crippen molar-refractivity contribution in [3.05, 3.63) is 80.8 Å². The molecule has 0 saturated heterocycles. The molecule has 0 unspecified atom stereocenters. The number of hydrogen-bond donors (Lipinski definition) is 0. The lowest BCUT2D eigenvalue weighted by Crippen LogP contribution is -2.29. The van der Waals surface area contributed by atoms with Crippen molar-refractivity contribution in [1.82, 2.24) is 4.98 Å². The Morgan fingerprint density at radius 1 is 1.12 bits per heavy atom. The molecule has 2 aromatic carbocycles. The number of Topliss-reactive ketones (excluding diaryl/α,β-unsaturated/α-hetero) is 1. The SMILES string of the molecule is Cc1csc([C@H](C#N)C(=O)COC(=O)c2ccc3c(c2)C(=O)N(c2ccccc2C)C3=O)n1. The summed E-state index contributed by atoms with van der Waals surface area (Å²) in [4.78, 5) is 55.9. The van der Waals surface area contributed by atoms with Crippen LogP contribution in [0.1, 0.15) is 53.3 Å². The molecule has 2 heterocycles. The van der Waals surface area contributed by atoms with Gasteiger partial charge in [0.25, 0.3) is 11.8 Å². The monoisotopic (exact) mass is 459 g/mol. The van der Waals surface area contributed by atoms with Gasteiger partial charge < -0.3 is 4.74 Å². The number of para-hydroxylation sites is 1. The largest absolute Gasteiger partial charge is 0.454 e. The highest BCUT2D eigenvalue weighted by molar-refractivity contribution is 7.09. The highest BCUT2D eigenvalue weighted by atomic mass is 32.1. The molecular formula is C24H17N3O5S. The summed E-state index contributed by atoms with van der Waals surface area (Å²) in [7, 11) is 0. The van der Waals surface area contributed by atoms with Gasteiger partial charge in [-0.3, -0.25) is 14.4 Å². The molecule has 0 N–H and O–H groups in total. The smallest absolute Gasteiger partial charge is 0.338 e. The Bertz CT molecular complexity index is 1350. The van der Waals surface area contributed by atoms with E-state index in [1.54, 1.807) is 43.5 Å². The number of benzene rings is 2. The summed E-state index contributed by atoms with van der Waals surface area (Å²) in [6.07, 6.45) is 0. The maximum atomic E-state index is 12.9. The number of ether oxygens (including phenoxy) is 1. The molecule has 164 valence electrons. The third kappa shape index (κ3) is 4.04. The number of amides is 2. The zero-order valence-electron chi connectivity index (χ0n) is 17.7. The van der Waals surface area contributed by atoms with E-state index in [1.165, 1.54) is 29.5 Å². The van der Waals surface area contributed by atoms with E-state index in [0.29, 0.717) is 16.4 Å². The standard InChI is InChI=1S/C24H17N3O5S/c1-13-5-3-4-6-19(13)27-22(29)16-8-7-15(9-17(16)23(27)30)24(31)32-11-20(28)18(10-25)21-26-14(2)12-33-21/h3-9,12,18H,11H2,1-2H3/t18-/m1/s1. The van der Waals surface area contributed by atoms with Crippen LogP contribution in [0.25, 0.3) is 0 Å². The Morgan fingerprint density at radius 2 is 1.85 bits per heavy atom. The van der Waals surface area contributed by atoms with Crippen molar-refractivity contribution < 1.29 is 23.9 Å². The average molecular weight is 459 g/mol. The molecule has 1 aliphatic rings. The van der Waals surface area contributed by atoms with Crippen molar-refractivity contribution in [2.24, 2.45) is 0 Å². The second kappa shape index (κ2) is 8.76. The van der Waals surface area contributed by atoms with Crippen LogP contribution in [0.15, 0.2) is 47.8 Å². The summed E-state index contributed by atoms with van der Waals surface area (Å²) in [5.74, 6) is -3.59. The number of anilines is 1. The fourth-order valence-corrected chi connectivity index (χ4v) is 4.33. The van der Waals surface area contributed by atoms with Crippen LogP contribution in [0, 0.1) is 25.2 Å². The first-order valence-electron chi connectivity index (χ1n) is 9.91. The highest BCUT2D eigenvalue weighted by Crippen LogP contribution is 2.31. The Hall–Kier alpha value is -4.16. The van der Waals surface area contributed by atoms with E-state index in [-0.39, 0.29) is 16.7 Å². The van der Waals surface area contributed by atoms with Crippen molar-refractivity contribution in [1.29, 1.82) is 5.26 Å². The molecule has 0 radical (unpaired) electrons. The van der Waals surface area contributed by atoms with Crippen molar-refractivity contribution in [3.63, 3.8) is 0 Å². The predicted molar refractivity (Wildman–Crippen MR) is 119 cm³/mol. The van der Waals surface area contributed by atoms with E-state index in [0.717, 1.165) is 10.5 Å². The van der Waals surface area contributed by atoms with Crippen LogP contribution >= 0.6 is 11.3 Å². The minimum absolute atomic E-state index is 0.0212. The van der Waals surface area contributed by atoms with Gasteiger partial charge in [0, 0.05) is 11.1 Å². The van der Waals surface area contributed by atoms with Crippen LogP contribution in [0.3, 0.4) is 0 Å². The summed E-state index contributed by atoms with van der Waals surface area (Å²) >= 11 is 1.19. The number of aryl methyl sites for hydroxylation is 2. The maximum Gasteiger partial charge on any atom is 0.338 e. The Kier molecular flexibility index (Phi) is 5.85. The highest BCUT2D eigenvalue weighted by Gasteiger charge is 2.38. The second-order valence-corrected chi connectivity index (χ2v) is 8.31. The quantitative estimate of drug-likeness (QED) is 0.408. The Morgan fingerprint density at radius 3 is 2.52 bits per heavy atom. The van der Waals surface area contributed by atoms with Crippen molar-refractivity contribution in [3.8, 4) is 6.07 Å². The third-order valence-electron chi connectivity index (χ3n) is 5.16. The van der Waals surface area contributed by atoms with E-state index in [4.69, 9.17) is 4.74 Å². The Balaban J connectivity index is 1.50. The number of fused-ring (bicyclic) bond motifs is 1. The molecule has 1 atom stereocenters. The zero-order chi connectivity index (χ0) is 23.7. The van der Waals surface area contributed by atoms with E-state index >= 15 is 0 Å². The van der Waals surface area contributed by atoms with Gasteiger partial charge in [-0.1, -0.05) is 18.2 Å². The van der Waals surface area contributed by atoms with Crippen LogP contribution in [0.4, 0.5) is 5.69 Å². The molecule has 1 aromatic heterocycles. The third-order valence-corrected chi connectivity index (χ3v) is 6.19. The fourth-order valence-electron chi connectivity index (χ4n) is 3.47. The number of imide groups is 1. The van der Waals surface area contributed by atoms with Crippen LogP contribution in [0.5, 0.6) is 0 Å². The molecule has 9 heteroatoms. The lowest BCUT2D eigenvalue weighted by Gasteiger charge is -2.16. The van der Waals surface area contributed by atoms with Gasteiger partial charge in [-0.15, -0.1) is 11.3 Å². The second-order valence-electron chi connectivity index (χ2n) is 7.42. The molecule has 0 bridgehead atoms. The molecule has 33 heavy (non-hydrogen) atoms. The molecule has 0 spiro atoms. The minimum atomic E-state index is -1.13. The van der Waals surface area contributed by atoms with Crippen molar-refractivity contribution in [2.45, 2.75) is 19.8 Å². The Labute approximate surface area is 193 Å². The number of carbonyl (C=O) groups excluding carboxylic acids is 4. The summed E-state index contributed by atoms with van der Waals surface area (Å²) in [6, 6.07) is 12.9. The minimum Gasteiger partial charge on any atom is -0.454 e. The molecule has 0 aliphatic carbocycles. The van der Waals surface area contributed by atoms with E-state index < -0.39 is 36.1 Å². The van der Waals surface area contributed by atoms with Gasteiger partial charge in [-0.25, -0.2) is 14.7 Å². The molecule has 1 aliphatic heterocycles. The number of nitriles is 1. The van der Waals surface area contributed by atoms with Gasteiger partial charge in [0.15, 0.2) is 18.3 Å². The van der Waals surface area contributed by atoms with Crippen LogP contribution < -0.4 is 4.90 Å². The van der Waals surface area contributed by atoms with E-state index in [2.05, 4.69) is 4.98 Å². The predicted octanol–water partition coefficient (Wildman–Crippen LogP) is 3.59. The summed E-state index contributed by atoms with van der Waals surface area (Å²) < 4.78 is 5.08. The summed E-state index contributed by atoms with van der Waals surface area (Å²) in [5, 5.41) is 11.4. The normalized spacial score (nSPS) is 13.4. The number of carbonyl (C=O) groups is 4. The first-order chi connectivity index (χ1) is 15.8. The first-order valence-corrected chi connectivity index (χ1v) is 10.8. The van der Waals surface area contributed by atoms with Crippen LogP contribution in [0.2, 0.25) is 0 Å². The number of hydrogen-bond acceptors (Lipinski definition) is 8. The molecule has 0 fully saturated rings. The molecule has 8 nitrogen and oxygen atoms in total. The topological polar surface area (TPSA) is 117 Å². The zero-order valence-corrected chi connectivity index (χ0v) is 18.5. The van der Waals surface area contributed by atoms with Gasteiger partial charge in [0.05, 0.1) is 28.4 Å². The molecular weight excluding hydrogens is 442 g/mol. The first kappa shape index (κ1) is 22.0. The summed E-state index contributed by atoms with van der Waals surface area (Å²) in [5.41, 5.74) is 2.20. The van der Waals surface area contributed by atoms with Gasteiger partial charge >= 0.3 is 5.97 Å². The summed E-state index contributed by atoms with van der Waals surface area (Å²) in [6.45, 7) is 2.92. The average Bonchev–Trinajstić information content (AvgIpc) is 3.34. The van der Waals surface area contributed by atoms with Crippen LogP contribution in [-0.4, -0.2) is 35.2 Å². The number of aromatic nitrogens is 1. The number of ketones is 1. The van der Waals surface area contributed by atoms with E-state index in [9.17, 15) is 24.4 Å². The van der Waals surface area contributed by atoms with Gasteiger partial charge in [-0.2, -0.15) is 5.26 Å². The van der Waals surface area contributed by atoms with Crippen LogP contribution in [-0.2, 0) is 9.53 Å². The lowest BCUT2D eigenvalue weighted by atomic mass is 10.1. The number of nitrogens with zero attached hydrogens (tertiary/aromatic N) is 3. The number of rotatable bonds is 6. The molecule has 0 saturated carbocycles.